The summed E-state index contributed by atoms with van der Waals surface area (Å²) in [6.45, 7) is 6.28. The van der Waals surface area contributed by atoms with Crippen molar-refractivity contribution >= 4 is 5.69 Å². The predicted octanol–water partition coefficient (Wildman–Crippen LogP) is 3.26. The van der Waals surface area contributed by atoms with Gasteiger partial charge in [-0.2, -0.15) is 0 Å². The first-order valence-electron chi connectivity index (χ1n) is 4.64. The minimum atomic E-state index is 0.407. The lowest BCUT2D eigenvalue weighted by Crippen LogP contribution is -1.97. The molecule has 0 bridgehead atoms. The van der Waals surface area contributed by atoms with Gasteiger partial charge in [0.05, 0.1) is 0 Å². The molecule has 1 atom stereocenters. The number of nitrogen functional groups attached to an aromatic ring is 1. The zero-order valence-electron chi connectivity index (χ0n) is 8.54. The molecule has 1 nitrogen and oxygen atoms in total. The Morgan fingerprint density at radius 2 is 2.08 bits per heavy atom. The Balaban J connectivity index is 3.05. The van der Waals surface area contributed by atoms with Crippen LogP contribution in [-0.2, 0) is 0 Å². The second kappa shape index (κ2) is 4.13. The van der Waals surface area contributed by atoms with Gasteiger partial charge in [0.15, 0.2) is 0 Å². The lowest BCUT2D eigenvalue weighted by Gasteiger charge is -2.10. The van der Waals surface area contributed by atoms with E-state index in [1.807, 2.05) is 19.1 Å². The van der Waals surface area contributed by atoms with Gasteiger partial charge >= 0.3 is 0 Å². The van der Waals surface area contributed by atoms with Crippen LogP contribution in [-0.4, -0.2) is 0 Å². The van der Waals surface area contributed by atoms with Crippen molar-refractivity contribution in [2.45, 2.75) is 26.7 Å². The number of anilines is 1. The fraction of sp³-hybridized carbons (Fsp3) is 0.333. The van der Waals surface area contributed by atoms with Gasteiger partial charge in [0.2, 0.25) is 0 Å². The molecule has 1 aromatic rings. The van der Waals surface area contributed by atoms with Crippen LogP contribution in [0.2, 0.25) is 0 Å². The normalized spacial score (nSPS) is 13.5. The van der Waals surface area contributed by atoms with E-state index < -0.39 is 0 Å². The number of benzene rings is 1. The van der Waals surface area contributed by atoms with E-state index in [1.54, 1.807) is 0 Å². The monoisotopic (exact) mass is 175 g/mol. The molecule has 0 aliphatic carbocycles. The molecule has 0 spiro atoms. The Labute approximate surface area is 80.3 Å². The molecule has 0 amide bonds. The van der Waals surface area contributed by atoms with Crippen molar-refractivity contribution in [2.75, 3.05) is 5.73 Å². The van der Waals surface area contributed by atoms with Gasteiger partial charge < -0.3 is 5.73 Å². The number of aryl methyl sites for hydroxylation is 1. The van der Waals surface area contributed by atoms with Crippen LogP contribution < -0.4 is 5.73 Å². The molecule has 0 fully saturated rings. The molecule has 1 unspecified atom stereocenters. The maximum atomic E-state index is 5.89. The largest absolute Gasteiger partial charge is 0.398 e. The van der Waals surface area contributed by atoms with Gasteiger partial charge in [0.25, 0.3) is 0 Å². The quantitative estimate of drug-likeness (QED) is 0.542. The van der Waals surface area contributed by atoms with E-state index in [2.05, 4.69) is 32.1 Å². The van der Waals surface area contributed by atoms with Crippen molar-refractivity contribution in [3.05, 3.63) is 41.5 Å². The fourth-order valence-corrected chi connectivity index (χ4v) is 1.48. The van der Waals surface area contributed by atoms with Crippen molar-refractivity contribution in [3.8, 4) is 0 Å². The van der Waals surface area contributed by atoms with E-state index in [0.717, 1.165) is 5.69 Å². The topological polar surface area (TPSA) is 26.0 Å². The molecule has 0 saturated heterocycles. The highest BCUT2D eigenvalue weighted by Crippen LogP contribution is 2.24. The molecule has 0 aliphatic heterocycles. The summed E-state index contributed by atoms with van der Waals surface area (Å²) < 4.78 is 0. The molecular weight excluding hydrogens is 158 g/mol. The molecule has 1 rings (SSSR count). The van der Waals surface area contributed by atoms with Gasteiger partial charge in [0.1, 0.15) is 0 Å². The highest BCUT2D eigenvalue weighted by atomic mass is 14.6. The summed E-state index contributed by atoms with van der Waals surface area (Å²) in [5.74, 6) is 0.407. The van der Waals surface area contributed by atoms with Gasteiger partial charge in [-0.25, -0.2) is 0 Å². The van der Waals surface area contributed by atoms with Crippen LogP contribution in [0.4, 0.5) is 5.69 Å². The zero-order valence-corrected chi connectivity index (χ0v) is 8.54. The highest BCUT2D eigenvalue weighted by molar-refractivity contribution is 5.51. The second-order valence-electron chi connectivity index (χ2n) is 3.45. The van der Waals surface area contributed by atoms with Crippen molar-refractivity contribution in [3.63, 3.8) is 0 Å². The Kier molecular flexibility index (Phi) is 3.13. The molecule has 70 valence electrons. The van der Waals surface area contributed by atoms with Gasteiger partial charge in [-0.1, -0.05) is 36.8 Å². The zero-order chi connectivity index (χ0) is 9.84. The first-order chi connectivity index (χ1) is 6.15. The standard InChI is InChI=1S/C12H17N/c1-4-5-10(3)11-8-9(2)6-7-12(11)13/h4-8,10H,13H2,1-3H3. The van der Waals surface area contributed by atoms with E-state index >= 15 is 0 Å². The maximum absolute atomic E-state index is 5.89. The van der Waals surface area contributed by atoms with E-state index in [4.69, 9.17) is 5.73 Å². The van der Waals surface area contributed by atoms with Crippen LogP contribution in [0.15, 0.2) is 30.4 Å². The average molecular weight is 175 g/mol. The van der Waals surface area contributed by atoms with E-state index in [1.165, 1.54) is 11.1 Å². The molecule has 0 heterocycles. The molecule has 13 heavy (non-hydrogen) atoms. The van der Waals surface area contributed by atoms with Crippen LogP contribution in [0.25, 0.3) is 0 Å². The van der Waals surface area contributed by atoms with Gasteiger partial charge in [-0.3, -0.25) is 0 Å². The number of allylic oxidation sites excluding steroid dienone is 2. The van der Waals surface area contributed by atoms with Crippen molar-refractivity contribution < 1.29 is 0 Å². The third-order valence-corrected chi connectivity index (χ3v) is 2.21. The molecule has 0 radical (unpaired) electrons. The Morgan fingerprint density at radius 1 is 1.38 bits per heavy atom. The van der Waals surface area contributed by atoms with E-state index in [-0.39, 0.29) is 0 Å². The van der Waals surface area contributed by atoms with E-state index in [9.17, 15) is 0 Å². The molecule has 1 aromatic carbocycles. The van der Waals surface area contributed by atoms with E-state index in [0.29, 0.717) is 5.92 Å². The van der Waals surface area contributed by atoms with Crippen molar-refractivity contribution in [1.29, 1.82) is 0 Å². The Morgan fingerprint density at radius 3 is 2.69 bits per heavy atom. The SMILES string of the molecule is CC=CC(C)c1cc(C)ccc1N. The van der Waals surface area contributed by atoms with Crippen LogP contribution in [0.5, 0.6) is 0 Å². The number of nitrogens with two attached hydrogens (primary N) is 1. The highest BCUT2D eigenvalue weighted by Gasteiger charge is 2.04. The summed E-state index contributed by atoms with van der Waals surface area (Å²) in [7, 11) is 0. The lowest BCUT2D eigenvalue weighted by atomic mass is 9.97. The van der Waals surface area contributed by atoms with Crippen LogP contribution in [0.3, 0.4) is 0 Å². The van der Waals surface area contributed by atoms with Gasteiger partial charge in [-0.05, 0) is 25.5 Å². The average Bonchev–Trinajstić information content (AvgIpc) is 2.09. The number of hydrogen-bond donors (Lipinski definition) is 1. The minimum Gasteiger partial charge on any atom is -0.398 e. The number of rotatable bonds is 2. The van der Waals surface area contributed by atoms with Crippen LogP contribution in [0, 0.1) is 6.92 Å². The second-order valence-corrected chi connectivity index (χ2v) is 3.45. The Bertz CT molecular complexity index is 313. The molecule has 0 aromatic heterocycles. The molecule has 1 heteroatoms. The minimum absolute atomic E-state index is 0.407. The van der Waals surface area contributed by atoms with Crippen LogP contribution in [0.1, 0.15) is 30.9 Å². The van der Waals surface area contributed by atoms with Crippen molar-refractivity contribution in [2.24, 2.45) is 0 Å². The summed E-state index contributed by atoms with van der Waals surface area (Å²) in [4.78, 5) is 0. The summed E-state index contributed by atoms with van der Waals surface area (Å²) >= 11 is 0. The first kappa shape index (κ1) is 9.85. The lowest BCUT2D eigenvalue weighted by molar-refractivity contribution is 0.966. The summed E-state index contributed by atoms with van der Waals surface area (Å²) in [6, 6.07) is 6.17. The maximum Gasteiger partial charge on any atom is 0.0352 e. The third-order valence-electron chi connectivity index (χ3n) is 2.21. The van der Waals surface area contributed by atoms with Crippen molar-refractivity contribution in [1.82, 2.24) is 0 Å². The van der Waals surface area contributed by atoms with Crippen LogP contribution >= 0.6 is 0 Å². The molecule has 0 aliphatic rings. The smallest absolute Gasteiger partial charge is 0.0352 e. The predicted molar refractivity (Wildman–Crippen MR) is 58.8 cm³/mol. The first-order valence-corrected chi connectivity index (χ1v) is 4.64. The van der Waals surface area contributed by atoms with Gasteiger partial charge in [-0.15, -0.1) is 0 Å². The van der Waals surface area contributed by atoms with Gasteiger partial charge in [0, 0.05) is 11.6 Å². The third kappa shape index (κ3) is 2.35. The Hall–Kier alpha value is -1.24. The molecular formula is C12H17N. The summed E-state index contributed by atoms with van der Waals surface area (Å²) in [5, 5.41) is 0. The molecule has 0 saturated carbocycles. The summed E-state index contributed by atoms with van der Waals surface area (Å²) in [6.07, 6.45) is 4.22. The summed E-state index contributed by atoms with van der Waals surface area (Å²) in [5.41, 5.74) is 9.26. The fourth-order valence-electron chi connectivity index (χ4n) is 1.48. The number of hydrogen-bond acceptors (Lipinski definition) is 1. The molecule has 2 N–H and O–H groups in total.